The van der Waals surface area contributed by atoms with E-state index in [1.165, 1.54) is 36.8 Å². The molecule has 0 N–H and O–H groups in total. The van der Waals surface area contributed by atoms with Gasteiger partial charge in [0, 0.05) is 0 Å². The average Bonchev–Trinajstić information content (AvgIpc) is 2.70. The van der Waals surface area contributed by atoms with Gasteiger partial charge in [-0.1, -0.05) is 44.0 Å². The topological polar surface area (TPSA) is 9.23 Å². The van der Waals surface area contributed by atoms with Crippen molar-refractivity contribution in [1.82, 2.24) is 0 Å². The Bertz CT molecular complexity index is 332. The Hall–Kier alpha value is -0.820. The Morgan fingerprint density at radius 1 is 1.38 bits per heavy atom. The van der Waals surface area contributed by atoms with Gasteiger partial charge in [-0.25, -0.2) is 0 Å². The summed E-state index contributed by atoms with van der Waals surface area (Å²) in [6, 6.07) is 8.70. The molecular weight excluding hydrogens is 196 g/mol. The van der Waals surface area contributed by atoms with Crippen molar-refractivity contribution >= 4 is 0 Å². The van der Waals surface area contributed by atoms with Gasteiger partial charge in [-0.2, -0.15) is 0 Å². The summed E-state index contributed by atoms with van der Waals surface area (Å²) in [5.41, 5.74) is 2.90. The van der Waals surface area contributed by atoms with Crippen molar-refractivity contribution in [3.05, 3.63) is 35.4 Å². The van der Waals surface area contributed by atoms with E-state index in [1.807, 2.05) is 0 Å². The van der Waals surface area contributed by atoms with E-state index in [2.05, 4.69) is 38.1 Å². The fourth-order valence-corrected chi connectivity index (χ4v) is 2.50. The van der Waals surface area contributed by atoms with Crippen molar-refractivity contribution < 1.29 is 4.74 Å². The maximum Gasteiger partial charge on any atom is 0.0834 e. The molecule has 0 heterocycles. The first kappa shape index (κ1) is 11.7. The number of fused-ring (bicyclic) bond motifs is 1. The Morgan fingerprint density at radius 3 is 3.00 bits per heavy atom. The number of benzene rings is 1. The molecule has 1 heteroatoms. The van der Waals surface area contributed by atoms with Crippen LogP contribution in [0.1, 0.15) is 56.8 Å². The lowest BCUT2D eigenvalue weighted by molar-refractivity contribution is -0.00731. The van der Waals surface area contributed by atoms with Gasteiger partial charge in [-0.15, -0.1) is 0 Å². The molecular formula is C15H22O. The van der Waals surface area contributed by atoms with Crippen molar-refractivity contribution in [3.8, 4) is 0 Å². The van der Waals surface area contributed by atoms with Crippen LogP contribution in [0, 0.1) is 0 Å². The minimum atomic E-state index is 0.350. The molecule has 2 rings (SSSR count). The zero-order valence-electron chi connectivity index (χ0n) is 10.4. The van der Waals surface area contributed by atoms with Crippen LogP contribution in [0.4, 0.5) is 0 Å². The molecule has 0 bridgehead atoms. The van der Waals surface area contributed by atoms with Crippen molar-refractivity contribution in [1.29, 1.82) is 0 Å². The highest BCUT2D eigenvalue weighted by atomic mass is 16.5. The number of rotatable bonds is 5. The van der Waals surface area contributed by atoms with Crippen LogP contribution in [0.25, 0.3) is 0 Å². The molecule has 0 amide bonds. The molecule has 1 nitrogen and oxygen atoms in total. The predicted octanol–water partition coefficient (Wildman–Crippen LogP) is 4.27. The second-order valence-corrected chi connectivity index (χ2v) is 4.82. The van der Waals surface area contributed by atoms with Crippen molar-refractivity contribution in [2.75, 3.05) is 0 Å². The number of ether oxygens (including phenoxy) is 1. The van der Waals surface area contributed by atoms with Crippen LogP contribution >= 0.6 is 0 Å². The van der Waals surface area contributed by atoms with Crippen LogP contribution in [0.2, 0.25) is 0 Å². The van der Waals surface area contributed by atoms with E-state index < -0.39 is 0 Å². The van der Waals surface area contributed by atoms with E-state index in [1.54, 1.807) is 0 Å². The van der Waals surface area contributed by atoms with Gasteiger partial charge in [-0.05, 0) is 37.3 Å². The van der Waals surface area contributed by atoms with E-state index in [9.17, 15) is 0 Å². The summed E-state index contributed by atoms with van der Waals surface area (Å²) < 4.78 is 6.14. The third kappa shape index (κ3) is 2.65. The summed E-state index contributed by atoms with van der Waals surface area (Å²) in [6.07, 6.45) is 6.82. The summed E-state index contributed by atoms with van der Waals surface area (Å²) in [5, 5.41) is 0. The molecule has 0 spiro atoms. The van der Waals surface area contributed by atoms with Crippen LogP contribution in [-0.4, -0.2) is 6.10 Å². The molecule has 0 saturated heterocycles. The van der Waals surface area contributed by atoms with E-state index >= 15 is 0 Å². The van der Waals surface area contributed by atoms with Gasteiger partial charge in [0.05, 0.1) is 12.2 Å². The molecule has 2 atom stereocenters. The molecule has 0 aliphatic heterocycles. The minimum Gasteiger partial charge on any atom is -0.371 e. The molecule has 1 aliphatic carbocycles. The zero-order valence-corrected chi connectivity index (χ0v) is 10.4. The van der Waals surface area contributed by atoms with E-state index in [0.717, 1.165) is 6.42 Å². The molecule has 88 valence electrons. The molecule has 0 saturated carbocycles. The number of aryl methyl sites for hydroxylation is 1. The van der Waals surface area contributed by atoms with E-state index in [-0.39, 0.29) is 0 Å². The smallest absolute Gasteiger partial charge is 0.0834 e. The summed E-state index contributed by atoms with van der Waals surface area (Å²) in [6.45, 7) is 4.44. The fourth-order valence-electron chi connectivity index (χ4n) is 2.50. The van der Waals surface area contributed by atoms with Gasteiger partial charge in [0.1, 0.15) is 0 Å². The van der Waals surface area contributed by atoms with Crippen LogP contribution in [0.5, 0.6) is 0 Å². The molecule has 1 aromatic rings. The molecule has 16 heavy (non-hydrogen) atoms. The normalized spacial score (nSPS) is 20.8. The largest absolute Gasteiger partial charge is 0.371 e. The van der Waals surface area contributed by atoms with Crippen molar-refractivity contribution in [2.24, 2.45) is 0 Å². The quantitative estimate of drug-likeness (QED) is 0.717. The predicted molar refractivity (Wildman–Crippen MR) is 67.6 cm³/mol. The van der Waals surface area contributed by atoms with Crippen LogP contribution < -0.4 is 0 Å². The number of unbranched alkanes of at least 4 members (excludes halogenated alkanes) is 1. The third-order valence-electron chi connectivity index (χ3n) is 3.44. The molecule has 0 aromatic heterocycles. The van der Waals surface area contributed by atoms with Crippen molar-refractivity contribution in [2.45, 2.75) is 58.2 Å². The van der Waals surface area contributed by atoms with Gasteiger partial charge in [-0.3, -0.25) is 0 Å². The Balaban J connectivity index is 1.92. The highest BCUT2D eigenvalue weighted by Crippen LogP contribution is 2.34. The van der Waals surface area contributed by atoms with Gasteiger partial charge in [0.2, 0.25) is 0 Å². The Labute approximate surface area is 98.8 Å². The zero-order chi connectivity index (χ0) is 11.4. The summed E-state index contributed by atoms with van der Waals surface area (Å²) in [7, 11) is 0. The maximum atomic E-state index is 6.14. The van der Waals surface area contributed by atoms with Gasteiger partial charge in [0.15, 0.2) is 0 Å². The summed E-state index contributed by atoms with van der Waals surface area (Å²) in [4.78, 5) is 0. The van der Waals surface area contributed by atoms with Crippen LogP contribution in [-0.2, 0) is 11.2 Å². The second-order valence-electron chi connectivity index (χ2n) is 4.82. The van der Waals surface area contributed by atoms with Crippen molar-refractivity contribution in [3.63, 3.8) is 0 Å². The van der Waals surface area contributed by atoms with Crippen LogP contribution in [0.15, 0.2) is 24.3 Å². The van der Waals surface area contributed by atoms with Gasteiger partial charge < -0.3 is 4.74 Å². The molecule has 0 radical (unpaired) electrons. The van der Waals surface area contributed by atoms with E-state index in [4.69, 9.17) is 4.74 Å². The number of hydrogen-bond acceptors (Lipinski definition) is 1. The molecule has 1 aliphatic rings. The Morgan fingerprint density at radius 2 is 2.19 bits per heavy atom. The second kappa shape index (κ2) is 5.49. The standard InChI is InChI=1S/C15H22O/c1-3-4-7-12(2)16-15-11-10-13-8-5-6-9-14(13)15/h5-6,8-9,12,15H,3-4,7,10-11H2,1-2H3. The summed E-state index contributed by atoms with van der Waals surface area (Å²) >= 11 is 0. The maximum absolute atomic E-state index is 6.14. The molecule has 1 aromatic carbocycles. The van der Waals surface area contributed by atoms with E-state index in [0.29, 0.717) is 12.2 Å². The minimum absolute atomic E-state index is 0.350. The SMILES string of the molecule is CCCCC(C)OC1CCc2ccccc21. The molecule has 0 fully saturated rings. The summed E-state index contributed by atoms with van der Waals surface area (Å²) in [5.74, 6) is 0. The highest BCUT2D eigenvalue weighted by Gasteiger charge is 2.23. The number of hydrogen-bond donors (Lipinski definition) is 0. The van der Waals surface area contributed by atoms with Gasteiger partial charge in [0.25, 0.3) is 0 Å². The lowest BCUT2D eigenvalue weighted by Gasteiger charge is -2.19. The Kier molecular flexibility index (Phi) is 4.00. The average molecular weight is 218 g/mol. The lowest BCUT2D eigenvalue weighted by Crippen LogP contribution is -2.11. The van der Waals surface area contributed by atoms with Gasteiger partial charge >= 0.3 is 0 Å². The van der Waals surface area contributed by atoms with Crippen LogP contribution in [0.3, 0.4) is 0 Å². The lowest BCUT2D eigenvalue weighted by atomic mass is 10.1. The fraction of sp³-hybridized carbons (Fsp3) is 0.600. The first-order chi connectivity index (χ1) is 7.81. The monoisotopic (exact) mass is 218 g/mol. The first-order valence-electron chi connectivity index (χ1n) is 6.54. The highest BCUT2D eigenvalue weighted by molar-refractivity contribution is 5.33. The first-order valence-corrected chi connectivity index (χ1v) is 6.54. The molecule has 2 unspecified atom stereocenters. The third-order valence-corrected chi connectivity index (χ3v) is 3.44.